The van der Waals surface area contributed by atoms with Crippen LogP contribution in [-0.4, -0.2) is 10.5 Å². The summed E-state index contributed by atoms with van der Waals surface area (Å²) < 4.78 is 1.40. The van der Waals surface area contributed by atoms with Crippen molar-refractivity contribution in [3.63, 3.8) is 0 Å². The fourth-order valence-corrected chi connectivity index (χ4v) is 1.72. The molecule has 0 aliphatic heterocycles. The minimum atomic E-state index is -0.315. The lowest BCUT2D eigenvalue weighted by Gasteiger charge is -2.06. The van der Waals surface area contributed by atoms with E-state index in [0.717, 1.165) is 5.56 Å². The normalized spacial score (nSPS) is 9.80. The highest BCUT2D eigenvalue weighted by Crippen LogP contribution is 2.04. The van der Waals surface area contributed by atoms with E-state index in [4.69, 9.17) is 5.26 Å². The van der Waals surface area contributed by atoms with Crippen LogP contribution in [0.1, 0.15) is 21.5 Å². The Morgan fingerprint density at radius 2 is 2.15 bits per heavy atom. The molecule has 5 heteroatoms. The van der Waals surface area contributed by atoms with E-state index in [1.54, 1.807) is 37.5 Å². The van der Waals surface area contributed by atoms with Crippen LogP contribution in [0.4, 0.5) is 0 Å². The lowest BCUT2D eigenvalue weighted by Crippen LogP contribution is -2.25. The third-order valence-corrected chi connectivity index (χ3v) is 2.88. The summed E-state index contributed by atoms with van der Waals surface area (Å²) in [5.74, 6) is -0.315. The molecule has 1 N–H and O–H groups in total. The van der Waals surface area contributed by atoms with E-state index in [1.165, 1.54) is 10.6 Å². The predicted octanol–water partition coefficient (Wildman–Crippen LogP) is 1.19. The molecule has 5 nitrogen and oxygen atoms in total. The maximum absolute atomic E-state index is 11.9. The molecular weight excluding hydrogens is 254 g/mol. The molecule has 0 aliphatic carbocycles. The third kappa shape index (κ3) is 3.12. The quantitative estimate of drug-likeness (QED) is 0.907. The topological polar surface area (TPSA) is 74.9 Å². The van der Waals surface area contributed by atoms with Crippen LogP contribution in [0.15, 0.2) is 47.4 Å². The molecule has 2 rings (SSSR count). The van der Waals surface area contributed by atoms with E-state index < -0.39 is 0 Å². The molecule has 0 aliphatic rings. The number of nitriles is 1. The van der Waals surface area contributed by atoms with Gasteiger partial charge in [0.15, 0.2) is 0 Å². The molecule has 0 bridgehead atoms. The largest absolute Gasteiger partial charge is 0.348 e. The number of aromatic nitrogens is 1. The van der Waals surface area contributed by atoms with E-state index in [9.17, 15) is 9.59 Å². The van der Waals surface area contributed by atoms with E-state index >= 15 is 0 Å². The van der Waals surface area contributed by atoms with Crippen LogP contribution >= 0.6 is 0 Å². The number of carbonyl (C=O) groups is 1. The van der Waals surface area contributed by atoms with Crippen molar-refractivity contribution in [2.45, 2.75) is 6.54 Å². The molecule has 0 atom stereocenters. The average Bonchev–Trinajstić information content (AvgIpc) is 2.47. The van der Waals surface area contributed by atoms with Crippen LogP contribution in [0.5, 0.6) is 0 Å². The summed E-state index contributed by atoms with van der Waals surface area (Å²) in [6.07, 6.45) is 1.55. The first-order valence-electron chi connectivity index (χ1n) is 6.04. The van der Waals surface area contributed by atoms with Crippen LogP contribution in [0.25, 0.3) is 0 Å². The van der Waals surface area contributed by atoms with Crippen LogP contribution < -0.4 is 10.9 Å². The number of rotatable bonds is 3. The zero-order valence-corrected chi connectivity index (χ0v) is 11.0. The molecular formula is C15H13N3O2. The SMILES string of the molecule is Cn1ccc(C(=O)NCc2cccc(C#N)c2)cc1=O. The number of aryl methyl sites for hydroxylation is 1. The summed E-state index contributed by atoms with van der Waals surface area (Å²) in [7, 11) is 1.62. The molecule has 0 fully saturated rings. The summed E-state index contributed by atoms with van der Waals surface area (Å²) in [4.78, 5) is 23.4. The number of nitrogens with zero attached hydrogens (tertiary/aromatic N) is 2. The Morgan fingerprint density at radius 1 is 1.35 bits per heavy atom. The number of benzene rings is 1. The molecule has 1 heterocycles. The van der Waals surface area contributed by atoms with Crippen molar-refractivity contribution in [3.05, 3.63) is 69.6 Å². The fraction of sp³-hybridized carbons (Fsp3) is 0.133. The Balaban J connectivity index is 2.06. The predicted molar refractivity (Wildman–Crippen MR) is 74.0 cm³/mol. The van der Waals surface area contributed by atoms with Gasteiger partial charge in [0.2, 0.25) is 0 Å². The van der Waals surface area contributed by atoms with Crippen molar-refractivity contribution < 1.29 is 4.79 Å². The minimum Gasteiger partial charge on any atom is -0.348 e. The highest BCUT2D eigenvalue weighted by molar-refractivity contribution is 5.93. The second-order valence-corrected chi connectivity index (χ2v) is 4.36. The van der Waals surface area contributed by atoms with Crippen LogP contribution in [0.3, 0.4) is 0 Å². The van der Waals surface area contributed by atoms with Crippen LogP contribution in [0.2, 0.25) is 0 Å². The van der Waals surface area contributed by atoms with Crippen LogP contribution in [-0.2, 0) is 13.6 Å². The number of nitrogens with one attached hydrogen (secondary N) is 1. The Hall–Kier alpha value is -2.87. The van der Waals surface area contributed by atoms with Crippen molar-refractivity contribution in [1.29, 1.82) is 5.26 Å². The first-order chi connectivity index (χ1) is 9.60. The number of pyridine rings is 1. The molecule has 0 spiro atoms. The molecule has 0 radical (unpaired) electrons. The first kappa shape index (κ1) is 13.6. The van der Waals surface area contributed by atoms with Crippen molar-refractivity contribution >= 4 is 5.91 Å². The van der Waals surface area contributed by atoms with E-state index in [1.807, 2.05) is 12.1 Å². The maximum Gasteiger partial charge on any atom is 0.251 e. The van der Waals surface area contributed by atoms with Crippen LogP contribution in [0, 0.1) is 11.3 Å². The molecule has 20 heavy (non-hydrogen) atoms. The van der Waals surface area contributed by atoms with Gasteiger partial charge in [-0.1, -0.05) is 12.1 Å². The third-order valence-electron chi connectivity index (χ3n) is 2.88. The number of carbonyl (C=O) groups excluding carboxylic acids is 1. The highest BCUT2D eigenvalue weighted by Gasteiger charge is 2.06. The molecule has 100 valence electrons. The lowest BCUT2D eigenvalue weighted by molar-refractivity contribution is 0.0950. The lowest BCUT2D eigenvalue weighted by atomic mass is 10.1. The highest BCUT2D eigenvalue weighted by atomic mass is 16.2. The zero-order valence-electron chi connectivity index (χ0n) is 11.0. The van der Waals surface area contributed by atoms with Gasteiger partial charge in [-0.25, -0.2) is 0 Å². The van der Waals surface area contributed by atoms with E-state index in [0.29, 0.717) is 17.7 Å². The summed E-state index contributed by atoms with van der Waals surface area (Å²) in [5.41, 5.74) is 1.47. The van der Waals surface area contributed by atoms with Gasteiger partial charge in [0.1, 0.15) is 0 Å². The summed E-state index contributed by atoms with van der Waals surface area (Å²) in [6.45, 7) is 0.309. The summed E-state index contributed by atoms with van der Waals surface area (Å²) in [6, 6.07) is 11.9. The molecule has 0 unspecified atom stereocenters. The van der Waals surface area contributed by atoms with Crippen molar-refractivity contribution in [2.24, 2.45) is 7.05 Å². The molecule has 1 aromatic heterocycles. The van der Waals surface area contributed by atoms with Gasteiger partial charge in [0, 0.05) is 31.4 Å². The molecule has 0 saturated carbocycles. The van der Waals surface area contributed by atoms with Crippen molar-refractivity contribution in [1.82, 2.24) is 9.88 Å². The Kier molecular flexibility index (Phi) is 3.96. The summed E-state index contributed by atoms with van der Waals surface area (Å²) in [5, 5.41) is 11.5. The van der Waals surface area contributed by atoms with Gasteiger partial charge in [-0.2, -0.15) is 5.26 Å². The van der Waals surface area contributed by atoms with Gasteiger partial charge >= 0.3 is 0 Å². The van der Waals surface area contributed by atoms with Gasteiger partial charge in [-0.15, -0.1) is 0 Å². The molecule has 0 saturated heterocycles. The van der Waals surface area contributed by atoms with Gasteiger partial charge in [-0.3, -0.25) is 9.59 Å². The Bertz CT molecular complexity index is 741. The number of amides is 1. The maximum atomic E-state index is 11.9. The molecule has 1 amide bonds. The van der Waals surface area contributed by atoms with Gasteiger partial charge in [0.05, 0.1) is 11.6 Å². The smallest absolute Gasteiger partial charge is 0.251 e. The fourth-order valence-electron chi connectivity index (χ4n) is 1.72. The van der Waals surface area contributed by atoms with Crippen molar-refractivity contribution in [2.75, 3.05) is 0 Å². The average molecular weight is 267 g/mol. The monoisotopic (exact) mass is 267 g/mol. The standard InChI is InChI=1S/C15H13N3O2/c1-18-6-5-13(8-14(18)19)15(20)17-10-12-4-2-3-11(7-12)9-16/h2-8H,10H2,1H3,(H,17,20). The molecule has 2 aromatic rings. The summed E-state index contributed by atoms with van der Waals surface area (Å²) >= 11 is 0. The van der Waals surface area contributed by atoms with Gasteiger partial charge in [-0.05, 0) is 23.8 Å². The minimum absolute atomic E-state index is 0.232. The second-order valence-electron chi connectivity index (χ2n) is 4.36. The second kappa shape index (κ2) is 5.85. The Labute approximate surface area is 116 Å². The zero-order chi connectivity index (χ0) is 14.5. The Morgan fingerprint density at radius 3 is 2.85 bits per heavy atom. The van der Waals surface area contributed by atoms with E-state index in [2.05, 4.69) is 5.32 Å². The first-order valence-corrected chi connectivity index (χ1v) is 6.04. The number of hydrogen-bond donors (Lipinski definition) is 1. The number of hydrogen-bond acceptors (Lipinski definition) is 3. The van der Waals surface area contributed by atoms with E-state index in [-0.39, 0.29) is 11.5 Å². The van der Waals surface area contributed by atoms with Crippen molar-refractivity contribution in [3.8, 4) is 6.07 Å². The van der Waals surface area contributed by atoms with Gasteiger partial charge in [0.25, 0.3) is 11.5 Å². The van der Waals surface area contributed by atoms with Gasteiger partial charge < -0.3 is 9.88 Å². The molecule has 1 aromatic carbocycles.